The lowest BCUT2D eigenvalue weighted by Gasteiger charge is -2.37. The third-order valence-corrected chi connectivity index (χ3v) is 7.14. The van der Waals surface area contributed by atoms with Gasteiger partial charge < -0.3 is 5.32 Å². The van der Waals surface area contributed by atoms with Crippen LogP contribution in [0.2, 0.25) is 0 Å². The highest BCUT2D eigenvalue weighted by molar-refractivity contribution is 7.91. The van der Waals surface area contributed by atoms with Gasteiger partial charge in [0.1, 0.15) is 5.54 Å². The molecule has 1 aromatic heterocycles. The first-order valence-corrected chi connectivity index (χ1v) is 11.7. The molecule has 0 spiro atoms. The van der Waals surface area contributed by atoms with Crippen molar-refractivity contribution in [3.63, 3.8) is 0 Å². The first-order chi connectivity index (χ1) is 15.0. The summed E-state index contributed by atoms with van der Waals surface area (Å²) < 4.78 is 27.3. The van der Waals surface area contributed by atoms with Crippen LogP contribution in [0.4, 0.5) is 5.69 Å². The van der Waals surface area contributed by atoms with Crippen molar-refractivity contribution < 1.29 is 8.42 Å². The highest BCUT2D eigenvalue weighted by atomic mass is 32.2. The van der Waals surface area contributed by atoms with E-state index in [-0.39, 0.29) is 5.75 Å². The van der Waals surface area contributed by atoms with E-state index in [1.165, 1.54) is 0 Å². The van der Waals surface area contributed by atoms with Crippen LogP contribution in [0.5, 0.6) is 0 Å². The quantitative estimate of drug-likeness (QED) is 0.438. The third-order valence-electron chi connectivity index (χ3n) is 5.34. The molecule has 0 aliphatic carbocycles. The Morgan fingerprint density at radius 1 is 0.774 bits per heavy atom. The van der Waals surface area contributed by atoms with Gasteiger partial charge in [-0.2, -0.15) is 0 Å². The fourth-order valence-electron chi connectivity index (χ4n) is 3.76. The van der Waals surface area contributed by atoms with Gasteiger partial charge in [-0.25, -0.2) is 8.42 Å². The fraction of sp³-hybridized carbons (Fsp3) is 0.115. The van der Waals surface area contributed by atoms with E-state index in [2.05, 4.69) is 10.3 Å². The molecule has 31 heavy (non-hydrogen) atoms. The molecule has 0 fully saturated rings. The molecule has 0 aliphatic heterocycles. The molecule has 4 rings (SSSR count). The number of aryl methyl sites for hydroxylation is 1. The Bertz CT molecular complexity index is 1190. The molecule has 1 N–H and O–H groups in total. The summed E-state index contributed by atoms with van der Waals surface area (Å²) in [5.74, 6) is -0.147. The van der Waals surface area contributed by atoms with Crippen molar-refractivity contribution in [2.75, 3.05) is 11.1 Å². The first kappa shape index (κ1) is 20.8. The van der Waals surface area contributed by atoms with Crippen LogP contribution in [-0.2, 0) is 15.4 Å². The average Bonchev–Trinajstić information content (AvgIpc) is 2.80. The standard InChI is InChI=1S/C26H24N2O2S/c1-21-14-16-25(17-15-21)31(29,30)20-26(22-9-4-2-5-10-22,23-11-6-3-7-12-23)28-24-13-8-18-27-19-24/h2-19,28H,20H2,1H3. The van der Waals surface area contributed by atoms with Crippen LogP contribution in [0.3, 0.4) is 0 Å². The molecule has 0 radical (unpaired) electrons. The lowest BCUT2D eigenvalue weighted by atomic mass is 9.84. The molecule has 0 amide bonds. The molecule has 0 aliphatic rings. The maximum Gasteiger partial charge on any atom is 0.181 e. The zero-order chi connectivity index (χ0) is 21.7. The van der Waals surface area contributed by atoms with Crippen LogP contribution in [0.15, 0.2) is 114 Å². The first-order valence-electron chi connectivity index (χ1n) is 10.1. The third kappa shape index (κ3) is 4.52. The van der Waals surface area contributed by atoms with Gasteiger partial charge >= 0.3 is 0 Å². The number of benzene rings is 3. The van der Waals surface area contributed by atoms with Crippen molar-refractivity contribution in [2.24, 2.45) is 0 Å². The fourth-order valence-corrected chi connectivity index (χ4v) is 5.45. The van der Waals surface area contributed by atoms with Crippen molar-refractivity contribution >= 4 is 15.5 Å². The van der Waals surface area contributed by atoms with Gasteiger partial charge in [0.15, 0.2) is 9.84 Å². The molecule has 156 valence electrons. The summed E-state index contributed by atoms with van der Waals surface area (Å²) in [6.45, 7) is 1.94. The van der Waals surface area contributed by atoms with Crippen molar-refractivity contribution in [3.05, 3.63) is 126 Å². The molecule has 0 bridgehead atoms. The Balaban J connectivity index is 1.91. The molecule has 1 heterocycles. The SMILES string of the molecule is Cc1ccc(S(=O)(=O)CC(Nc2cccnc2)(c2ccccc2)c2ccccc2)cc1. The molecule has 0 saturated heterocycles. The summed E-state index contributed by atoms with van der Waals surface area (Å²) in [5.41, 5.74) is 2.48. The monoisotopic (exact) mass is 428 g/mol. The molecule has 0 saturated carbocycles. The van der Waals surface area contributed by atoms with E-state index in [0.717, 1.165) is 22.4 Å². The van der Waals surface area contributed by atoms with Gasteiger partial charge in [-0.05, 0) is 42.3 Å². The van der Waals surface area contributed by atoms with Crippen LogP contribution in [0, 0.1) is 6.92 Å². The van der Waals surface area contributed by atoms with E-state index >= 15 is 0 Å². The maximum absolute atomic E-state index is 13.6. The Morgan fingerprint density at radius 2 is 1.35 bits per heavy atom. The molecule has 0 atom stereocenters. The van der Waals surface area contributed by atoms with Gasteiger partial charge in [0.2, 0.25) is 0 Å². The Kier molecular flexibility index (Phi) is 5.87. The van der Waals surface area contributed by atoms with E-state index in [0.29, 0.717) is 4.90 Å². The average molecular weight is 429 g/mol. The second kappa shape index (κ2) is 8.74. The number of hydrogen-bond donors (Lipinski definition) is 1. The zero-order valence-electron chi connectivity index (χ0n) is 17.3. The molecule has 5 heteroatoms. The smallest absolute Gasteiger partial charge is 0.181 e. The lowest BCUT2D eigenvalue weighted by molar-refractivity contribution is 0.571. The van der Waals surface area contributed by atoms with Crippen LogP contribution in [0.1, 0.15) is 16.7 Å². The summed E-state index contributed by atoms with van der Waals surface area (Å²) in [6.07, 6.45) is 3.40. The number of pyridine rings is 1. The molecular weight excluding hydrogens is 404 g/mol. The van der Waals surface area contributed by atoms with E-state index in [4.69, 9.17) is 0 Å². The number of nitrogens with one attached hydrogen (secondary N) is 1. The summed E-state index contributed by atoms with van der Waals surface area (Å²) in [7, 11) is -3.63. The van der Waals surface area contributed by atoms with E-state index in [1.807, 2.05) is 91.9 Å². The minimum Gasteiger partial charge on any atom is -0.369 e. The highest BCUT2D eigenvalue weighted by Gasteiger charge is 2.39. The highest BCUT2D eigenvalue weighted by Crippen LogP contribution is 2.36. The van der Waals surface area contributed by atoms with Crippen molar-refractivity contribution in [1.82, 2.24) is 4.98 Å². The van der Waals surface area contributed by atoms with Crippen LogP contribution < -0.4 is 5.32 Å². The van der Waals surface area contributed by atoms with Gasteiger partial charge in [0, 0.05) is 12.4 Å². The normalized spacial score (nSPS) is 11.8. The zero-order valence-corrected chi connectivity index (χ0v) is 18.1. The number of aromatic nitrogens is 1. The number of nitrogens with zero attached hydrogens (tertiary/aromatic N) is 1. The van der Waals surface area contributed by atoms with E-state index < -0.39 is 15.4 Å². The van der Waals surface area contributed by atoms with E-state index in [9.17, 15) is 8.42 Å². The van der Waals surface area contributed by atoms with Crippen LogP contribution in [0.25, 0.3) is 0 Å². The molecule has 4 aromatic rings. The summed E-state index contributed by atoms with van der Waals surface area (Å²) in [4.78, 5) is 4.52. The van der Waals surface area contributed by atoms with Crippen LogP contribution >= 0.6 is 0 Å². The summed E-state index contributed by atoms with van der Waals surface area (Å²) in [5, 5.41) is 3.52. The van der Waals surface area contributed by atoms with Crippen molar-refractivity contribution in [1.29, 1.82) is 0 Å². The second-order valence-corrected chi connectivity index (χ2v) is 9.57. The van der Waals surface area contributed by atoms with Crippen molar-refractivity contribution in [3.8, 4) is 0 Å². The minimum atomic E-state index is -3.63. The number of anilines is 1. The van der Waals surface area contributed by atoms with E-state index in [1.54, 1.807) is 24.5 Å². The second-order valence-electron chi connectivity index (χ2n) is 7.58. The summed E-state index contributed by atoms with van der Waals surface area (Å²) >= 11 is 0. The molecule has 0 unspecified atom stereocenters. The Morgan fingerprint density at radius 3 is 1.87 bits per heavy atom. The number of rotatable bonds is 7. The minimum absolute atomic E-state index is 0.147. The lowest BCUT2D eigenvalue weighted by Crippen LogP contribution is -2.43. The largest absolute Gasteiger partial charge is 0.369 e. The van der Waals surface area contributed by atoms with Gasteiger partial charge in [-0.15, -0.1) is 0 Å². The molecular formula is C26H24N2O2S. The van der Waals surface area contributed by atoms with Gasteiger partial charge in [0.25, 0.3) is 0 Å². The maximum atomic E-state index is 13.6. The number of sulfone groups is 1. The predicted molar refractivity (Wildman–Crippen MR) is 125 cm³/mol. The number of hydrogen-bond acceptors (Lipinski definition) is 4. The molecule has 4 nitrogen and oxygen atoms in total. The Labute approximate surface area is 183 Å². The van der Waals surface area contributed by atoms with Gasteiger partial charge in [0.05, 0.1) is 16.3 Å². The summed E-state index contributed by atoms with van der Waals surface area (Å²) in [6, 6.07) is 30.1. The van der Waals surface area contributed by atoms with Crippen LogP contribution in [-0.4, -0.2) is 19.2 Å². The Hall–Kier alpha value is -3.44. The predicted octanol–water partition coefficient (Wildman–Crippen LogP) is 5.22. The van der Waals surface area contributed by atoms with Gasteiger partial charge in [-0.1, -0.05) is 78.4 Å². The topological polar surface area (TPSA) is 59.1 Å². The van der Waals surface area contributed by atoms with Gasteiger partial charge in [-0.3, -0.25) is 4.98 Å². The molecule has 3 aromatic carbocycles. The van der Waals surface area contributed by atoms with Crippen molar-refractivity contribution in [2.45, 2.75) is 17.4 Å².